The first kappa shape index (κ1) is 11.3. The minimum atomic E-state index is -0.823. The van der Waals surface area contributed by atoms with Crippen molar-refractivity contribution in [2.24, 2.45) is 4.99 Å². The Hall–Kier alpha value is -1.19. The van der Waals surface area contributed by atoms with E-state index in [1.165, 1.54) is 6.42 Å². The summed E-state index contributed by atoms with van der Waals surface area (Å²) in [5.41, 5.74) is 0.991. The zero-order valence-electron chi connectivity index (χ0n) is 9.52. The SMILES string of the molecule is C1COC1.CCC1(O)C=Nc2ccccc21. The summed E-state index contributed by atoms with van der Waals surface area (Å²) in [6, 6.07) is 7.69. The second-order valence-electron chi connectivity index (χ2n) is 4.02. The first-order chi connectivity index (χ1) is 7.76. The Morgan fingerprint density at radius 3 is 2.56 bits per heavy atom. The molecule has 2 heterocycles. The number of para-hydroxylation sites is 1. The lowest BCUT2D eigenvalue weighted by atomic mass is 9.94. The third kappa shape index (κ3) is 2.15. The topological polar surface area (TPSA) is 41.8 Å². The molecule has 0 bridgehead atoms. The summed E-state index contributed by atoms with van der Waals surface area (Å²) in [6.07, 6.45) is 3.57. The van der Waals surface area contributed by atoms with Gasteiger partial charge < -0.3 is 9.84 Å². The van der Waals surface area contributed by atoms with E-state index in [-0.39, 0.29) is 0 Å². The molecule has 1 aromatic rings. The van der Waals surface area contributed by atoms with Gasteiger partial charge in [-0.25, -0.2) is 0 Å². The maximum absolute atomic E-state index is 10.0. The minimum absolute atomic E-state index is 0.674. The van der Waals surface area contributed by atoms with E-state index in [0.717, 1.165) is 24.5 Å². The van der Waals surface area contributed by atoms with Crippen molar-refractivity contribution >= 4 is 11.9 Å². The van der Waals surface area contributed by atoms with Crippen LogP contribution in [0.1, 0.15) is 25.3 Å². The Labute approximate surface area is 95.8 Å². The molecule has 0 radical (unpaired) electrons. The smallest absolute Gasteiger partial charge is 0.126 e. The summed E-state index contributed by atoms with van der Waals surface area (Å²) < 4.78 is 4.72. The molecule has 3 rings (SSSR count). The van der Waals surface area contributed by atoms with Crippen LogP contribution in [0.2, 0.25) is 0 Å². The van der Waals surface area contributed by atoms with Gasteiger partial charge in [0.2, 0.25) is 0 Å². The average molecular weight is 219 g/mol. The van der Waals surface area contributed by atoms with Crippen molar-refractivity contribution in [2.75, 3.05) is 13.2 Å². The van der Waals surface area contributed by atoms with Crippen molar-refractivity contribution < 1.29 is 9.84 Å². The summed E-state index contributed by atoms with van der Waals surface area (Å²) in [6.45, 7) is 3.95. The van der Waals surface area contributed by atoms with Gasteiger partial charge in [-0.1, -0.05) is 25.1 Å². The summed E-state index contributed by atoms with van der Waals surface area (Å²) in [4.78, 5) is 4.15. The molecule has 0 saturated carbocycles. The average Bonchev–Trinajstić information content (AvgIpc) is 2.56. The first-order valence-electron chi connectivity index (χ1n) is 5.71. The molecule has 1 unspecified atom stereocenters. The van der Waals surface area contributed by atoms with Gasteiger partial charge in [0, 0.05) is 25.0 Å². The van der Waals surface area contributed by atoms with Crippen molar-refractivity contribution in [3.63, 3.8) is 0 Å². The van der Waals surface area contributed by atoms with Gasteiger partial charge in [-0.2, -0.15) is 0 Å². The number of nitrogens with zero attached hydrogens (tertiary/aromatic N) is 1. The molecule has 1 saturated heterocycles. The highest BCUT2D eigenvalue weighted by molar-refractivity contribution is 5.83. The second-order valence-corrected chi connectivity index (χ2v) is 4.02. The molecule has 1 N–H and O–H groups in total. The highest BCUT2D eigenvalue weighted by Crippen LogP contribution is 2.36. The van der Waals surface area contributed by atoms with Crippen LogP contribution >= 0.6 is 0 Å². The van der Waals surface area contributed by atoms with E-state index in [9.17, 15) is 5.11 Å². The maximum Gasteiger partial charge on any atom is 0.126 e. The summed E-state index contributed by atoms with van der Waals surface area (Å²) >= 11 is 0. The molecule has 3 nitrogen and oxygen atoms in total. The molecule has 2 aliphatic heterocycles. The predicted molar refractivity (Wildman–Crippen MR) is 64.2 cm³/mol. The van der Waals surface area contributed by atoms with Crippen molar-refractivity contribution in [1.29, 1.82) is 0 Å². The normalized spacial score (nSPS) is 25.4. The van der Waals surface area contributed by atoms with Gasteiger partial charge in [-0.05, 0) is 18.9 Å². The minimum Gasteiger partial charge on any atom is -0.381 e. The van der Waals surface area contributed by atoms with Crippen molar-refractivity contribution in [1.82, 2.24) is 0 Å². The van der Waals surface area contributed by atoms with E-state index in [0.29, 0.717) is 6.42 Å². The third-order valence-corrected chi connectivity index (χ3v) is 2.90. The quantitative estimate of drug-likeness (QED) is 0.788. The van der Waals surface area contributed by atoms with Crippen LogP contribution in [-0.2, 0) is 10.3 Å². The number of benzene rings is 1. The van der Waals surface area contributed by atoms with E-state index in [4.69, 9.17) is 4.74 Å². The number of fused-ring (bicyclic) bond motifs is 1. The number of hydrogen-bond acceptors (Lipinski definition) is 3. The van der Waals surface area contributed by atoms with E-state index in [1.807, 2.05) is 31.2 Å². The zero-order valence-corrected chi connectivity index (χ0v) is 9.52. The van der Waals surface area contributed by atoms with Crippen LogP contribution in [0.3, 0.4) is 0 Å². The predicted octanol–water partition coefficient (Wildman–Crippen LogP) is 2.41. The number of aliphatic imine (C=N–C) groups is 1. The Kier molecular flexibility index (Phi) is 3.36. The van der Waals surface area contributed by atoms with Gasteiger partial charge in [-0.15, -0.1) is 0 Å². The highest BCUT2D eigenvalue weighted by Gasteiger charge is 2.31. The van der Waals surface area contributed by atoms with Crippen molar-refractivity contribution in [3.05, 3.63) is 29.8 Å². The highest BCUT2D eigenvalue weighted by atomic mass is 16.5. The lowest BCUT2D eigenvalue weighted by Gasteiger charge is -2.18. The number of aliphatic hydroxyl groups is 1. The molecule has 16 heavy (non-hydrogen) atoms. The molecule has 0 spiro atoms. The van der Waals surface area contributed by atoms with Crippen LogP contribution < -0.4 is 0 Å². The fourth-order valence-corrected chi connectivity index (χ4v) is 1.62. The molecular weight excluding hydrogens is 202 g/mol. The second kappa shape index (κ2) is 4.76. The Bertz CT molecular complexity index is 381. The van der Waals surface area contributed by atoms with E-state index >= 15 is 0 Å². The Balaban J connectivity index is 0.000000203. The van der Waals surface area contributed by atoms with Crippen LogP contribution in [0.25, 0.3) is 0 Å². The molecule has 1 fully saturated rings. The lowest BCUT2D eigenvalue weighted by Crippen LogP contribution is -2.23. The van der Waals surface area contributed by atoms with Crippen LogP contribution in [-0.4, -0.2) is 24.5 Å². The zero-order chi connectivity index (χ0) is 11.4. The molecule has 3 heteroatoms. The molecule has 1 atom stereocenters. The van der Waals surface area contributed by atoms with Gasteiger partial charge in [0.05, 0.1) is 5.69 Å². The fourth-order valence-electron chi connectivity index (χ4n) is 1.62. The molecular formula is C13H17NO2. The molecule has 0 amide bonds. The van der Waals surface area contributed by atoms with Gasteiger partial charge in [0.25, 0.3) is 0 Å². The summed E-state index contributed by atoms with van der Waals surface area (Å²) in [5, 5.41) is 10.0. The Morgan fingerprint density at radius 1 is 1.38 bits per heavy atom. The summed E-state index contributed by atoms with van der Waals surface area (Å²) in [7, 11) is 0. The van der Waals surface area contributed by atoms with E-state index in [1.54, 1.807) is 6.21 Å². The number of ether oxygens (including phenoxy) is 1. The first-order valence-corrected chi connectivity index (χ1v) is 5.71. The van der Waals surface area contributed by atoms with Crippen LogP contribution in [0.4, 0.5) is 5.69 Å². The van der Waals surface area contributed by atoms with Gasteiger partial charge in [0.1, 0.15) is 5.60 Å². The lowest BCUT2D eigenvalue weighted by molar-refractivity contribution is 0.0367. The molecule has 86 valence electrons. The van der Waals surface area contributed by atoms with Crippen molar-refractivity contribution in [3.8, 4) is 0 Å². The standard InChI is InChI=1S/C10H11NO.C3H6O/c1-2-10(12)7-11-9-6-4-3-5-8(9)10;1-2-4-3-1/h3-7,12H,2H2,1H3;1-3H2. The third-order valence-electron chi connectivity index (χ3n) is 2.90. The van der Waals surface area contributed by atoms with Crippen LogP contribution in [0, 0.1) is 0 Å². The Morgan fingerprint density at radius 2 is 2.00 bits per heavy atom. The van der Waals surface area contributed by atoms with E-state index in [2.05, 4.69) is 4.99 Å². The largest absolute Gasteiger partial charge is 0.381 e. The van der Waals surface area contributed by atoms with Gasteiger partial charge in [0.15, 0.2) is 0 Å². The van der Waals surface area contributed by atoms with Gasteiger partial charge >= 0.3 is 0 Å². The maximum atomic E-state index is 10.0. The van der Waals surface area contributed by atoms with Crippen molar-refractivity contribution in [2.45, 2.75) is 25.4 Å². The summed E-state index contributed by atoms with van der Waals surface area (Å²) in [5.74, 6) is 0. The number of hydrogen-bond donors (Lipinski definition) is 1. The molecule has 1 aromatic carbocycles. The fraction of sp³-hybridized carbons (Fsp3) is 0.462. The van der Waals surface area contributed by atoms with Crippen LogP contribution in [0.15, 0.2) is 29.3 Å². The van der Waals surface area contributed by atoms with E-state index < -0.39 is 5.60 Å². The molecule has 0 aromatic heterocycles. The monoisotopic (exact) mass is 219 g/mol. The van der Waals surface area contributed by atoms with Gasteiger partial charge in [-0.3, -0.25) is 4.99 Å². The number of rotatable bonds is 1. The molecule has 0 aliphatic carbocycles. The molecule has 2 aliphatic rings. The van der Waals surface area contributed by atoms with Crippen LogP contribution in [0.5, 0.6) is 0 Å².